The number of nitrogens with one attached hydrogen (secondary N) is 2. The molecule has 0 saturated carbocycles. The maximum atomic E-state index is 12.1. The Balaban J connectivity index is 2.52. The standard InChI is InChI=1S/C21H26Cl2N2O4/c1-7-21(5,6)17-12(11-8-13(22)14(23)10-15(11)24-17)9-16(18(26)27)25-19(28)29-20(2,3)4/h7-8,10,16,24H,1,9H2,2-6H3,(H,25,28)(H,26,27). The van der Waals surface area contributed by atoms with Crippen molar-refractivity contribution in [1.82, 2.24) is 10.3 Å². The van der Waals surface area contributed by atoms with Crippen LogP contribution in [0.1, 0.15) is 45.9 Å². The smallest absolute Gasteiger partial charge is 0.408 e. The third-order valence-electron chi connectivity index (χ3n) is 4.50. The highest BCUT2D eigenvalue weighted by Crippen LogP contribution is 2.36. The monoisotopic (exact) mass is 440 g/mol. The van der Waals surface area contributed by atoms with Gasteiger partial charge < -0.3 is 20.1 Å². The topological polar surface area (TPSA) is 91.4 Å². The number of aromatic nitrogens is 1. The van der Waals surface area contributed by atoms with Gasteiger partial charge in [-0.25, -0.2) is 9.59 Å². The van der Waals surface area contributed by atoms with Gasteiger partial charge in [0.15, 0.2) is 0 Å². The molecule has 1 aromatic carbocycles. The van der Waals surface area contributed by atoms with Gasteiger partial charge in [-0.3, -0.25) is 0 Å². The predicted molar refractivity (Wildman–Crippen MR) is 116 cm³/mol. The number of aromatic amines is 1. The number of alkyl carbamates (subject to hydrolysis) is 1. The number of carboxylic acid groups (broad SMARTS) is 1. The second kappa shape index (κ2) is 8.28. The molecule has 29 heavy (non-hydrogen) atoms. The normalized spacial score (nSPS) is 13.2. The fourth-order valence-electron chi connectivity index (χ4n) is 2.96. The largest absolute Gasteiger partial charge is 0.480 e. The molecule has 0 aliphatic carbocycles. The molecule has 0 saturated heterocycles. The summed E-state index contributed by atoms with van der Waals surface area (Å²) in [7, 11) is 0. The first kappa shape index (κ1) is 23.1. The van der Waals surface area contributed by atoms with Gasteiger partial charge in [0.1, 0.15) is 11.6 Å². The lowest BCUT2D eigenvalue weighted by Crippen LogP contribution is -2.45. The van der Waals surface area contributed by atoms with Crippen LogP contribution < -0.4 is 5.32 Å². The second-order valence-corrected chi connectivity index (χ2v) is 9.27. The number of fused-ring (bicyclic) bond motifs is 1. The summed E-state index contributed by atoms with van der Waals surface area (Å²) in [5.41, 5.74) is 0.988. The molecule has 0 spiro atoms. The predicted octanol–water partition coefficient (Wildman–Crippen LogP) is 5.46. The molecule has 0 radical (unpaired) electrons. The van der Waals surface area contributed by atoms with Crippen molar-refractivity contribution in [3.8, 4) is 0 Å². The van der Waals surface area contributed by atoms with E-state index in [2.05, 4.69) is 16.9 Å². The maximum Gasteiger partial charge on any atom is 0.408 e. The van der Waals surface area contributed by atoms with E-state index >= 15 is 0 Å². The summed E-state index contributed by atoms with van der Waals surface area (Å²) in [6.07, 6.45) is 0.996. The van der Waals surface area contributed by atoms with E-state index in [1.165, 1.54) is 0 Å². The number of rotatable bonds is 6. The number of amides is 1. The summed E-state index contributed by atoms with van der Waals surface area (Å²) in [6.45, 7) is 12.9. The molecule has 1 atom stereocenters. The number of aliphatic carboxylic acids is 1. The summed E-state index contributed by atoms with van der Waals surface area (Å²) in [4.78, 5) is 27.3. The van der Waals surface area contributed by atoms with Crippen LogP contribution in [0.3, 0.4) is 0 Å². The van der Waals surface area contributed by atoms with E-state index in [4.69, 9.17) is 27.9 Å². The third kappa shape index (κ3) is 5.46. The van der Waals surface area contributed by atoms with Crippen LogP contribution in [0.2, 0.25) is 10.0 Å². The van der Waals surface area contributed by atoms with Gasteiger partial charge in [0.25, 0.3) is 0 Å². The number of H-pyrrole nitrogens is 1. The van der Waals surface area contributed by atoms with Gasteiger partial charge >= 0.3 is 12.1 Å². The average Bonchev–Trinajstić information content (AvgIpc) is 2.91. The average molecular weight is 441 g/mol. The summed E-state index contributed by atoms with van der Waals surface area (Å²) in [5, 5.41) is 13.6. The number of halogens is 2. The lowest BCUT2D eigenvalue weighted by atomic mass is 9.85. The highest BCUT2D eigenvalue weighted by atomic mass is 35.5. The molecule has 1 aromatic heterocycles. The Hall–Kier alpha value is -2.18. The fourth-order valence-corrected chi connectivity index (χ4v) is 3.29. The Morgan fingerprint density at radius 3 is 2.34 bits per heavy atom. The number of allylic oxidation sites excluding steroid dienone is 1. The van der Waals surface area contributed by atoms with Crippen LogP contribution in [0.5, 0.6) is 0 Å². The molecule has 158 valence electrons. The minimum Gasteiger partial charge on any atom is -0.480 e. The van der Waals surface area contributed by atoms with E-state index in [-0.39, 0.29) is 6.42 Å². The molecule has 0 aliphatic rings. The minimum absolute atomic E-state index is 0.0269. The first-order valence-corrected chi connectivity index (χ1v) is 9.86. The Morgan fingerprint density at radius 1 is 1.24 bits per heavy atom. The molecule has 1 amide bonds. The molecule has 2 rings (SSSR count). The Labute approximate surface area is 180 Å². The van der Waals surface area contributed by atoms with Crippen LogP contribution >= 0.6 is 23.2 Å². The van der Waals surface area contributed by atoms with Crippen molar-refractivity contribution in [2.24, 2.45) is 0 Å². The maximum absolute atomic E-state index is 12.1. The van der Waals surface area contributed by atoms with Crippen LogP contribution in [0, 0.1) is 0 Å². The summed E-state index contributed by atoms with van der Waals surface area (Å²) < 4.78 is 5.20. The molecule has 1 unspecified atom stereocenters. The van der Waals surface area contributed by atoms with Gasteiger partial charge in [-0.05, 0) is 38.5 Å². The lowest BCUT2D eigenvalue weighted by molar-refractivity contribution is -0.139. The molecule has 1 heterocycles. The number of hydrogen-bond donors (Lipinski definition) is 3. The number of carboxylic acids is 1. The Morgan fingerprint density at radius 2 is 1.83 bits per heavy atom. The van der Waals surface area contributed by atoms with E-state index in [1.54, 1.807) is 39.0 Å². The molecule has 0 aliphatic heterocycles. The highest BCUT2D eigenvalue weighted by Gasteiger charge is 2.30. The van der Waals surface area contributed by atoms with Crippen LogP contribution in [0.4, 0.5) is 4.79 Å². The first-order valence-electron chi connectivity index (χ1n) is 9.11. The van der Waals surface area contributed by atoms with Crippen molar-refractivity contribution in [2.45, 2.75) is 58.1 Å². The van der Waals surface area contributed by atoms with Gasteiger partial charge in [0.2, 0.25) is 0 Å². The zero-order chi connectivity index (χ0) is 22.1. The molecule has 6 nitrogen and oxygen atoms in total. The van der Waals surface area contributed by atoms with E-state index in [0.29, 0.717) is 15.6 Å². The van der Waals surface area contributed by atoms with Crippen molar-refractivity contribution in [2.75, 3.05) is 0 Å². The SMILES string of the molecule is C=CC(C)(C)c1[nH]c2cc(Cl)c(Cl)cc2c1CC(NC(=O)OC(C)(C)C)C(=O)O. The lowest BCUT2D eigenvalue weighted by Gasteiger charge is -2.24. The fraction of sp³-hybridized carbons (Fsp3) is 0.429. The van der Waals surface area contributed by atoms with Crippen LogP contribution in [-0.4, -0.2) is 33.8 Å². The molecular weight excluding hydrogens is 415 g/mol. The quantitative estimate of drug-likeness (QED) is 0.520. The Kier molecular flexibility index (Phi) is 6.60. The van der Waals surface area contributed by atoms with Crippen molar-refractivity contribution >= 4 is 46.2 Å². The highest BCUT2D eigenvalue weighted by molar-refractivity contribution is 6.42. The number of ether oxygens (including phenoxy) is 1. The zero-order valence-corrected chi connectivity index (χ0v) is 18.7. The molecule has 3 N–H and O–H groups in total. The first-order chi connectivity index (χ1) is 13.2. The van der Waals surface area contributed by atoms with Crippen molar-refractivity contribution < 1.29 is 19.4 Å². The van der Waals surface area contributed by atoms with Crippen LogP contribution in [0.25, 0.3) is 10.9 Å². The van der Waals surface area contributed by atoms with E-state index in [1.807, 2.05) is 13.8 Å². The van der Waals surface area contributed by atoms with Gasteiger partial charge in [0.05, 0.1) is 10.0 Å². The number of carbonyl (C=O) groups is 2. The van der Waals surface area contributed by atoms with Gasteiger partial charge in [0, 0.05) is 28.4 Å². The third-order valence-corrected chi connectivity index (χ3v) is 5.22. The molecule has 0 bridgehead atoms. The zero-order valence-electron chi connectivity index (χ0n) is 17.2. The van der Waals surface area contributed by atoms with Crippen LogP contribution in [0.15, 0.2) is 24.8 Å². The molecular formula is C21H26Cl2N2O4. The second-order valence-electron chi connectivity index (χ2n) is 8.46. The molecule has 8 heteroatoms. The number of carbonyl (C=O) groups excluding carboxylic acids is 1. The number of hydrogen-bond acceptors (Lipinski definition) is 3. The molecule has 0 fully saturated rings. The van der Waals surface area contributed by atoms with Crippen molar-refractivity contribution in [3.63, 3.8) is 0 Å². The minimum atomic E-state index is -1.20. The summed E-state index contributed by atoms with van der Waals surface area (Å²) in [5.74, 6) is -1.17. The van der Waals surface area contributed by atoms with Crippen LogP contribution in [-0.2, 0) is 21.4 Å². The summed E-state index contributed by atoms with van der Waals surface area (Å²) in [6, 6.07) is 2.19. The van der Waals surface area contributed by atoms with Crippen molar-refractivity contribution in [3.05, 3.63) is 46.1 Å². The number of benzene rings is 1. The Bertz CT molecular complexity index is 958. The summed E-state index contributed by atoms with van der Waals surface area (Å²) >= 11 is 12.3. The van der Waals surface area contributed by atoms with E-state index in [0.717, 1.165) is 16.6 Å². The van der Waals surface area contributed by atoms with Gasteiger partial charge in [-0.2, -0.15) is 0 Å². The molecule has 2 aromatic rings. The van der Waals surface area contributed by atoms with Crippen molar-refractivity contribution in [1.29, 1.82) is 0 Å². The van der Waals surface area contributed by atoms with Gasteiger partial charge in [-0.1, -0.05) is 43.1 Å². The van der Waals surface area contributed by atoms with E-state index in [9.17, 15) is 14.7 Å². The van der Waals surface area contributed by atoms with E-state index < -0.39 is 29.1 Å². The van der Waals surface area contributed by atoms with Gasteiger partial charge in [-0.15, -0.1) is 6.58 Å².